The normalized spacial score (nSPS) is 14.9. The molecule has 1 saturated heterocycles. The summed E-state index contributed by atoms with van der Waals surface area (Å²) in [6.45, 7) is 0.0758. The molecule has 0 atom stereocenters. The maximum absolute atomic E-state index is 13.4. The number of halogens is 4. The van der Waals surface area contributed by atoms with Crippen LogP contribution in [0.2, 0.25) is 0 Å². The first-order valence-corrected chi connectivity index (χ1v) is 13.3. The molecule has 1 aliphatic heterocycles. The van der Waals surface area contributed by atoms with Gasteiger partial charge in [-0.1, -0.05) is 12.1 Å². The van der Waals surface area contributed by atoms with E-state index < -0.39 is 38.5 Å². The highest BCUT2D eigenvalue weighted by Gasteiger charge is 2.52. The fraction of sp³-hybridized carbons (Fsp3) is 0.269. The summed E-state index contributed by atoms with van der Waals surface area (Å²) < 4.78 is 71.0. The van der Waals surface area contributed by atoms with Crippen molar-refractivity contribution >= 4 is 39.7 Å². The second-order valence-corrected chi connectivity index (χ2v) is 11.2. The molecule has 1 fully saturated rings. The summed E-state index contributed by atoms with van der Waals surface area (Å²) in [4.78, 5) is 30.6. The van der Waals surface area contributed by atoms with Gasteiger partial charge in [0.2, 0.25) is 0 Å². The third-order valence-electron chi connectivity index (χ3n) is 6.57. The number of amides is 2. The van der Waals surface area contributed by atoms with Crippen LogP contribution in [-0.2, 0) is 19.4 Å². The molecule has 0 aliphatic carbocycles. The van der Waals surface area contributed by atoms with Crippen LogP contribution < -0.4 is 15.1 Å². The quantitative estimate of drug-likeness (QED) is 0.299. The van der Waals surface area contributed by atoms with Gasteiger partial charge in [-0.15, -0.1) is 25.6 Å². The summed E-state index contributed by atoms with van der Waals surface area (Å²) in [5, 5.41) is 9.17. The molecule has 2 N–H and O–H groups in total. The summed E-state index contributed by atoms with van der Waals surface area (Å²) in [6, 6.07) is 13.9. The maximum Gasteiger partial charge on any atom is 0.573 e. The summed E-state index contributed by atoms with van der Waals surface area (Å²) in [6.07, 6.45) is -3.94. The number of ether oxygens (including phenoxy) is 2. The van der Waals surface area contributed by atoms with Crippen molar-refractivity contribution in [3.8, 4) is 17.0 Å². The van der Waals surface area contributed by atoms with E-state index in [0.29, 0.717) is 16.9 Å². The SMILES string of the molecule is CN(C(=O)c1ccc(-c2ccc(S(=O)(=O)C3(C(=O)NO)CCOCC3)cn2)cc1)c1ccc(OC(F)(F)F)cc1.Cl. The number of sulfone groups is 1. The van der Waals surface area contributed by atoms with Crippen molar-refractivity contribution in [3.63, 3.8) is 0 Å². The van der Waals surface area contributed by atoms with E-state index in [4.69, 9.17) is 4.74 Å². The number of rotatable bonds is 7. The molecular weight excluding hydrogens is 591 g/mol. The number of aromatic nitrogens is 1. The van der Waals surface area contributed by atoms with Crippen LogP contribution in [0.5, 0.6) is 5.75 Å². The number of hydroxylamine groups is 1. The molecule has 1 aliphatic rings. The largest absolute Gasteiger partial charge is 0.573 e. The van der Waals surface area contributed by atoms with Crippen LogP contribution in [0.4, 0.5) is 18.9 Å². The summed E-state index contributed by atoms with van der Waals surface area (Å²) in [5.41, 5.74) is 3.07. The van der Waals surface area contributed by atoms with Crippen molar-refractivity contribution in [1.29, 1.82) is 0 Å². The molecule has 10 nitrogen and oxygen atoms in total. The van der Waals surface area contributed by atoms with Gasteiger partial charge in [0.25, 0.3) is 11.8 Å². The Hall–Kier alpha value is -3.72. The van der Waals surface area contributed by atoms with Gasteiger partial charge in [0.05, 0.1) is 10.6 Å². The summed E-state index contributed by atoms with van der Waals surface area (Å²) in [7, 11) is -2.76. The molecule has 0 radical (unpaired) electrons. The minimum Gasteiger partial charge on any atom is -0.406 e. The lowest BCUT2D eigenvalue weighted by Crippen LogP contribution is -2.54. The van der Waals surface area contributed by atoms with Crippen LogP contribution in [0.3, 0.4) is 0 Å². The monoisotopic (exact) mass is 615 g/mol. The third-order valence-corrected chi connectivity index (χ3v) is 9.05. The van der Waals surface area contributed by atoms with E-state index >= 15 is 0 Å². The number of alkyl halides is 3. The lowest BCUT2D eigenvalue weighted by atomic mass is 9.98. The summed E-state index contributed by atoms with van der Waals surface area (Å²) in [5.74, 6) is -1.86. The number of carbonyl (C=O) groups is 2. The Labute approximate surface area is 239 Å². The smallest absolute Gasteiger partial charge is 0.406 e. The van der Waals surface area contributed by atoms with Gasteiger partial charge in [-0.25, -0.2) is 13.9 Å². The van der Waals surface area contributed by atoms with Crippen LogP contribution >= 0.6 is 12.4 Å². The van der Waals surface area contributed by atoms with Crippen LogP contribution in [0.15, 0.2) is 71.8 Å². The molecule has 4 rings (SSSR count). The number of carbonyl (C=O) groups excluding carboxylic acids is 2. The number of pyridine rings is 1. The van der Waals surface area contributed by atoms with E-state index in [-0.39, 0.29) is 48.9 Å². The van der Waals surface area contributed by atoms with Gasteiger partial charge in [0, 0.05) is 43.3 Å². The molecule has 3 aromatic rings. The Bertz CT molecular complexity index is 1480. The van der Waals surface area contributed by atoms with Crippen molar-refractivity contribution in [2.75, 3.05) is 25.2 Å². The number of benzene rings is 2. The van der Waals surface area contributed by atoms with Crippen LogP contribution in [0, 0.1) is 0 Å². The average Bonchev–Trinajstić information content (AvgIpc) is 2.96. The lowest BCUT2D eigenvalue weighted by molar-refractivity contribution is -0.274. The van der Waals surface area contributed by atoms with Crippen molar-refractivity contribution in [1.82, 2.24) is 10.5 Å². The molecule has 41 heavy (non-hydrogen) atoms. The number of nitrogens with one attached hydrogen (secondary N) is 1. The van der Waals surface area contributed by atoms with Gasteiger partial charge >= 0.3 is 6.36 Å². The van der Waals surface area contributed by atoms with Gasteiger partial charge < -0.3 is 14.4 Å². The third kappa shape index (κ3) is 6.62. The van der Waals surface area contributed by atoms with Crippen LogP contribution in [0.1, 0.15) is 23.2 Å². The van der Waals surface area contributed by atoms with Crippen molar-refractivity contribution in [2.45, 2.75) is 28.8 Å². The second kappa shape index (κ2) is 12.4. The Morgan fingerprint density at radius 3 is 2.15 bits per heavy atom. The molecule has 220 valence electrons. The molecule has 0 saturated carbocycles. The first-order valence-electron chi connectivity index (χ1n) is 11.9. The topological polar surface area (TPSA) is 135 Å². The Kier molecular flexibility index (Phi) is 9.64. The highest BCUT2D eigenvalue weighted by atomic mass is 35.5. The molecule has 2 amide bonds. The standard InChI is InChI=1S/C26H24F3N3O7S.ClH/c1-32(19-6-8-20(9-7-19)39-26(27,28)29)23(33)18-4-2-17(3-5-18)22-11-10-21(16-30-22)40(36,37)25(24(34)31-35)12-14-38-15-13-25;/h2-11,16,35H,12-15H2,1H3,(H,31,34);1H. The average molecular weight is 616 g/mol. The molecule has 0 unspecified atom stereocenters. The van der Waals surface area contributed by atoms with Gasteiger partial charge in [-0.2, -0.15) is 0 Å². The van der Waals surface area contributed by atoms with Gasteiger partial charge in [-0.05, 0) is 61.4 Å². The second-order valence-electron chi connectivity index (χ2n) is 8.91. The highest BCUT2D eigenvalue weighted by Crippen LogP contribution is 2.35. The van der Waals surface area contributed by atoms with Crippen molar-refractivity contribution in [3.05, 3.63) is 72.4 Å². The predicted molar refractivity (Wildman–Crippen MR) is 143 cm³/mol. The van der Waals surface area contributed by atoms with E-state index in [1.54, 1.807) is 12.1 Å². The number of hydrogen-bond donors (Lipinski definition) is 2. The zero-order valence-electron chi connectivity index (χ0n) is 21.4. The van der Waals surface area contributed by atoms with E-state index in [0.717, 1.165) is 18.3 Å². The Morgan fingerprint density at radius 1 is 1.02 bits per heavy atom. The maximum atomic E-state index is 13.4. The van der Waals surface area contributed by atoms with E-state index in [1.807, 2.05) is 0 Å². The van der Waals surface area contributed by atoms with Crippen LogP contribution in [-0.4, -0.2) is 61.8 Å². The van der Waals surface area contributed by atoms with Crippen LogP contribution in [0.25, 0.3) is 11.3 Å². The number of anilines is 1. The fourth-order valence-corrected chi connectivity index (χ4v) is 6.21. The molecule has 0 bridgehead atoms. The number of hydrogen-bond acceptors (Lipinski definition) is 8. The Balaban J connectivity index is 0.00000462. The van der Waals surface area contributed by atoms with E-state index in [1.165, 1.54) is 53.8 Å². The molecule has 2 aromatic carbocycles. The van der Waals surface area contributed by atoms with Gasteiger partial charge in [-0.3, -0.25) is 19.8 Å². The summed E-state index contributed by atoms with van der Waals surface area (Å²) >= 11 is 0. The zero-order chi connectivity index (χ0) is 29.1. The fourth-order valence-electron chi connectivity index (χ4n) is 4.32. The lowest BCUT2D eigenvalue weighted by Gasteiger charge is -2.34. The van der Waals surface area contributed by atoms with Gasteiger partial charge in [0.1, 0.15) is 5.75 Å². The van der Waals surface area contributed by atoms with E-state index in [2.05, 4.69) is 9.72 Å². The zero-order valence-corrected chi connectivity index (χ0v) is 23.1. The van der Waals surface area contributed by atoms with E-state index in [9.17, 15) is 36.4 Å². The molecule has 1 aromatic heterocycles. The predicted octanol–water partition coefficient (Wildman–Crippen LogP) is 4.17. The molecule has 2 heterocycles. The Morgan fingerprint density at radius 2 is 1.63 bits per heavy atom. The minimum atomic E-state index is -4.82. The van der Waals surface area contributed by atoms with Crippen molar-refractivity contribution < 1.29 is 45.9 Å². The first kappa shape index (κ1) is 31.8. The highest BCUT2D eigenvalue weighted by molar-refractivity contribution is 7.93. The molecular formula is C26H25ClF3N3O7S. The van der Waals surface area contributed by atoms with Crippen molar-refractivity contribution in [2.24, 2.45) is 0 Å². The molecule has 15 heteroatoms. The molecule has 0 spiro atoms. The van der Waals surface area contributed by atoms with Gasteiger partial charge in [0.15, 0.2) is 14.6 Å². The number of nitrogens with zero attached hydrogens (tertiary/aromatic N) is 2. The first-order chi connectivity index (χ1) is 18.9. The minimum absolute atomic E-state index is 0.